The van der Waals surface area contributed by atoms with E-state index in [-0.39, 0.29) is 23.8 Å². The molecule has 2 N–H and O–H groups in total. The lowest BCUT2D eigenvalue weighted by atomic mass is 9.97. The minimum Gasteiger partial charge on any atom is -0.382 e. The number of hydrogen-bond acceptors (Lipinski definition) is 10. The van der Waals surface area contributed by atoms with E-state index in [1.54, 1.807) is 24.5 Å². The van der Waals surface area contributed by atoms with E-state index in [2.05, 4.69) is 73.9 Å². The zero-order valence-electron chi connectivity index (χ0n) is 34.4. The van der Waals surface area contributed by atoms with Crippen molar-refractivity contribution in [2.45, 2.75) is 63.2 Å². The summed E-state index contributed by atoms with van der Waals surface area (Å²) >= 11 is 27.9. The van der Waals surface area contributed by atoms with Crippen molar-refractivity contribution in [3.05, 3.63) is 120 Å². The Morgan fingerprint density at radius 3 is 1.80 bits per heavy atom. The van der Waals surface area contributed by atoms with Gasteiger partial charge in [0.1, 0.15) is 23.0 Å². The largest absolute Gasteiger partial charge is 0.382 e. The molecule has 6 aromatic heterocycles. The predicted octanol–water partition coefficient (Wildman–Crippen LogP) is 11.7. The first-order valence-electron chi connectivity index (χ1n) is 20.5. The molecule has 0 saturated carbocycles. The first-order chi connectivity index (χ1) is 30.8. The first-order valence-corrected chi connectivity index (χ1v) is 24.3. The number of nitrogens with zero attached hydrogens (tertiary/aromatic N) is 6. The molecule has 0 spiro atoms. The van der Waals surface area contributed by atoms with Crippen LogP contribution < -0.4 is 5.73 Å². The SMILES string of the molecule is Clc1cc(Br)cn2cc(C3CCOCC3)nc12.Nc1ncc(Br)cc1Cl.O=C(CBr)C1CCOCC1.O=C(Cc1cc(Cl)c2nc(C3CCOCC3)cn2c1)c1cccc(C(F)F)n1. The molecule has 3 aliphatic heterocycles. The molecular formula is C44H45Br3Cl3F2N7O5. The fourth-order valence-electron chi connectivity index (χ4n) is 7.21. The normalized spacial score (nSPS) is 16.1. The molecule has 3 saturated heterocycles. The van der Waals surface area contributed by atoms with Gasteiger partial charge in [-0.05, 0) is 106 Å². The summed E-state index contributed by atoms with van der Waals surface area (Å²) in [5, 5.41) is 2.09. The summed E-state index contributed by atoms with van der Waals surface area (Å²) in [6.45, 7) is 4.60. The molecule has 3 aliphatic rings. The maximum absolute atomic E-state index is 12.8. The summed E-state index contributed by atoms with van der Waals surface area (Å²) in [4.78, 5) is 40.4. The molecule has 9 heterocycles. The van der Waals surface area contributed by atoms with Crippen molar-refractivity contribution in [1.82, 2.24) is 28.7 Å². The Balaban J connectivity index is 0.000000159. The molecule has 3 fully saturated rings. The van der Waals surface area contributed by atoms with E-state index in [4.69, 9.17) is 54.7 Å². The number of rotatable bonds is 8. The third kappa shape index (κ3) is 14.2. The van der Waals surface area contributed by atoms with Crippen LogP contribution in [0.2, 0.25) is 15.1 Å². The Morgan fingerprint density at radius 2 is 1.27 bits per heavy atom. The highest BCUT2D eigenvalue weighted by Crippen LogP contribution is 2.31. The minimum atomic E-state index is -2.71. The average Bonchev–Trinajstić information content (AvgIpc) is 3.95. The summed E-state index contributed by atoms with van der Waals surface area (Å²) in [6.07, 6.45) is 12.4. The van der Waals surface area contributed by atoms with E-state index in [1.807, 2.05) is 27.3 Å². The highest BCUT2D eigenvalue weighted by atomic mass is 79.9. The first kappa shape index (κ1) is 50.3. The van der Waals surface area contributed by atoms with E-state index < -0.39 is 12.1 Å². The minimum absolute atomic E-state index is 0.0140. The van der Waals surface area contributed by atoms with Gasteiger partial charge in [0.2, 0.25) is 0 Å². The van der Waals surface area contributed by atoms with Crippen molar-refractivity contribution in [2.24, 2.45) is 5.92 Å². The predicted molar refractivity (Wildman–Crippen MR) is 255 cm³/mol. The van der Waals surface area contributed by atoms with E-state index in [0.29, 0.717) is 55.0 Å². The molecule has 0 atom stereocenters. The average molecular weight is 1140 g/mol. The van der Waals surface area contributed by atoms with E-state index in [1.165, 1.54) is 18.2 Å². The number of pyridine rings is 4. The van der Waals surface area contributed by atoms with Gasteiger partial charge < -0.3 is 28.7 Å². The summed E-state index contributed by atoms with van der Waals surface area (Å²) < 4.78 is 47.1. The van der Waals surface area contributed by atoms with Crippen LogP contribution in [0, 0.1) is 5.92 Å². The van der Waals surface area contributed by atoms with Crippen LogP contribution in [0.15, 0.2) is 76.3 Å². The van der Waals surface area contributed by atoms with E-state index in [9.17, 15) is 18.4 Å². The number of imidazole rings is 2. The molecule has 20 heteroatoms. The maximum Gasteiger partial charge on any atom is 0.280 e. The smallest absolute Gasteiger partial charge is 0.280 e. The number of alkyl halides is 3. The Kier molecular flexibility index (Phi) is 19.3. The lowest BCUT2D eigenvalue weighted by molar-refractivity contribution is -0.122. The second kappa shape index (κ2) is 24.6. The molecule has 0 unspecified atom stereocenters. The Hall–Kier alpha value is -3.13. The number of ketones is 2. The number of Topliss-reactive ketones (excluding diaryl/α,β-unsaturated/α-hetero) is 2. The molecule has 0 aliphatic carbocycles. The third-order valence-electron chi connectivity index (χ3n) is 10.6. The summed E-state index contributed by atoms with van der Waals surface area (Å²) in [7, 11) is 0. The van der Waals surface area contributed by atoms with Gasteiger partial charge >= 0.3 is 0 Å². The van der Waals surface area contributed by atoms with Gasteiger partial charge in [-0.3, -0.25) is 9.59 Å². The van der Waals surface area contributed by atoms with E-state index >= 15 is 0 Å². The lowest BCUT2D eigenvalue weighted by Crippen LogP contribution is -2.23. The molecule has 64 heavy (non-hydrogen) atoms. The van der Waals surface area contributed by atoms with Crippen molar-refractivity contribution >= 4 is 111 Å². The molecule has 0 amide bonds. The topological polar surface area (TPSA) is 148 Å². The highest BCUT2D eigenvalue weighted by molar-refractivity contribution is 9.10. The standard InChI is InChI=1S/C20H18ClF2N3O2.C12H12BrClN2O.C7H11BrO2.C5H4BrClN2/c21-14-8-12(9-18(27)15-2-1-3-16(24-15)19(22)23)10-26-11-17(25-20(14)26)13-4-6-28-7-5-13;13-9-5-10(14)12-15-11(7-16(12)6-9)8-1-3-17-4-2-8;8-5-7(9)6-1-3-10-4-2-6;6-3-1-4(7)5(8)9-2-3/h1-3,8,10-11,13,19H,4-7,9H2;5-8H,1-4H2;6H,1-5H2;1-2H,(H2,8,9). The second-order valence-corrected chi connectivity index (χ2v) is 18.7. The summed E-state index contributed by atoms with van der Waals surface area (Å²) in [5.74, 6) is 1.42. The molecule has 12 nitrogen and oxygen atoms in total. The molecule has 342 valence electrons. The quantitative estimate of drug-likeness (QED) is 0.115. The zero-order valence-corrected chi connectivity index (χ0v) is 41.4. The van der Waals surface area contributed by atoms with Crippen molar-refractivity contribution in [3.8, 4) is 0 Å². The molecule has 9 rings (SSSR count). The van der Waals surface area contributed by atoms with Crippen LogP contribution in [-0.4, -0.2) is 85.3 Å². The van der Waals surface area contributed by atoms with Crippen molar-refractivity contribution < 1.29 is 32.6 Å². The maximum atomic E-state index is 12.8. The van der Waals surface area contributed by atoms with Gasteiger partial charge in [0, 0.05) is 104 Å². The Bertz CT molecular complexity index is 2520. The number of anilines is 1. The summed E-state index contributed by atoms with van der Waals surface area (Å²) in [6, 6.07) is 9.31. The van der Waals surface area contributed by atoms with Gasteiger partial charge in [0.15, 0.2) is 17.1 Å². The van der Waals surface area contributed by atoms with Gasteiger partial charge in [-0.25, -0.2) is 28.7 Å². The zero-order chi connectivity index (χ0) is 45.8. The van der Waals surface area contributed by atoms with Gasteiger partial charge in [0.05, 0.1) is 31.8 Å². The van der Waals surface area contributed by atoms with Crippen molar-refractivity contribution in [2.75, 3.05) is 50.7 Å². The van der Waals surface area contributed by atoms with Crippen LogP contribution in [0.1, 0.15) is 89.9 Å². The number of aromatic nitrogens is 6. The van der Waals surface area contributed by atoms with Gasteiger partial charge in [-0.1, -0.05) is 56.8 Å². The van der Waals surface area contributed by atoms with Gasteiger partial charge in [-0.15, -0.1) is 0 Å². The van der Waals surface area contributed by atoms with Crippen LogP contribution in [-0.2, 0) is 25.4 Å². The number of carbonyl (C=O) groups is 2. The van der Waals surface area contributed by atoms with Crippen molar-refractivity contribution in [1.29, 1.82) is 0 Å². The molecule has 0 bridgehead atoms. The lowest BCUT2D eigenvalue weighted by Gasteiger charge is -2.19. The number of nitrogens with two attached hydrogens (primary N) is 1. The number of carbonyl (C=O) groups excluding carboxylic acids is 2. The van der Waals surface area contributed by atoms with Crippen LogP contribution in [0.3, 0.4) is 0 Å². The highest BCUT2D eigenvalue weighted by Gasteiger charge is 2.22. The van der Waals surface area contributed by atoms with Crippen LogP contribution in [0.25, 0.3) is 11.3 Å². The van der Waals surface area contributed by atoms with E-state index in [0.717, 1.165) is 104 Å². The van der Waals surface area contributed by atoms with Gasteiger partial charge in [-0.2, -0.15) is 0 Å². The number of halogens is 8. The Labute approximate surface area is 409 Å². The second-order valence-electron chi connectivity index (χ2n) is 15.1. The monoisotopic (exact) mass is 1130 g/mol. The van der Waals surface area contributed by atoms with Gasteiger partial charge in [0.25, 0.3) is 6.43 Å². The van der Waals surface area contributed by atoms with Crippen LogP contribution >= 0.6 is 82.6 Å². The molecular weight excluding hydrogens is 1090 g/mol. The fourth-order valence-corrected chi connectivity index (χ4v) is 9.42. The number of fused-ring (bicyclic) bond motifs is 2. The van der Waals surface area contributed by atoms with Crippen molar-refractivity contribution in [3.63, 3.8) is 0 Å². The summed E-state index contributed by atoms with van der Waals surface area (Å²) in [5.41, 5.74) is 9.15. The third-order valence-corrected chi connectivity index (χ3v) is 12.9. The van der Waals surface area contributed by atoms with Crippen LogP contribution in [0.4, 0.5) is 14.6 Å². The molecule has 0 radical (unpaired) electrons. The molecule has 6 aromatic rings. The number of nitrogen functional groups attached to an aromatic ring is 1. The molecule has 0 aromatic carbocycles. The number of hydrogen-bond donors (Lipinski definition) is 1. The fraction of sp³-hybridized carbons (Fsp3) is 0.409. The van der Waals surface area contributed by atoms with Crippen LogP contribution in [0.5, 0.6) is 0 Å². The Morgan fingerprint density at radius 1 is 0.734 bits per heavy atom. The number of ether oxygens (including phenoxy) is 3.